The highest BCUT2D eigenvalue weighted by molar-refractivity contribution is 5.95. The third kappa shape index (κ3) is 4.51. The average Bonchev–Trinajstić information content (AvgIpc) is 3.30. The van der Waals surface area contributed by atoms with E-state index >= 15 is 0 Å². The molecule has 2 amide bonds. The Balaban J connectivity index is 1.73. The van der Waals surface area contributed by atoms with Crippen LogP contribution < -0.4 is 15.4 Å². The first-order chi connectivity index (χ1) is 13.3. The molecule has 0 bridgehead atoms. The Morgan fingerprint density at radius 3 is 2.82 bits per heavy atom. The second-order valence-corrected chi connectivity index (χ2v) is 7.38. The summed E-state index contributed by atoms with van der Waals surface area (Å²) < 4.78 is 7.43. The molecule has 0 radical (unpaired) electrons. The highest BCUT2D eigenvalue weighted by atomic mass is 16.5. The van der Waals surface area contributed by atoms with Gasteiger partial charge in [0.2, 0.25) is 5.91 Å². The van der Waals surface area contributed by atoms with Crippen LogP contribution >= 0.6 is 0 Å². The van der Waals surface area contributed by atoms with Crippen LogP contribution in [0.25, 0.3) is 0 Å². The van der Waals surface area contributed by atoms with Crippen molar-refractivity contribution in [2.75, 3.05) is 39.1 Å². The minimum absolute atomic E-state index is 0.0684. The summed E-state index contributed by atoms with van der Waals surface area (Å²) in [6.07, 6.45) is 3.76. The van der Waals surface area contributed by atoms with Gasteiger partial charge in [0.15, 0.2) is 6.61 Å². The number of nitrogens with one attached hydrogen (secondary N) is 2. The van der Waals surface area contributed by atoms with E-state index in [1.807, 2.05) is 44.6 Å². The summed E-state index contributed by atoms with van der Waals surface area (Å²) in [5.74, 6) is 0.134. The number of hydrogen-bond acceptors (Lipinski definition) is 5. The van der Waals surface area contributed by atoms with E-state index in [4.69, 9.17) is 4.74 Å². The summed E-state index contributed by atoms with van der Waals surface area (Å²) in [6.45, 7) is 3.19. The van der Waals surface area contributed by atoms with Crippen LogP contribution in [-0.2, 0) is 16.6 Å². The molecule has 150 valence electrons. The van der Waals surface area contributed by atoms with Gasteiger partial charge >= 0.3 is 0 Å². The quantitative estimate of drug-likeness (QED) is 0.778. The van der Waals surface area contributed by atoms with Crippen LogP contribution in [0.1, 0.15) is 17.0 Å². The predicted molar refractivity (Wildman–Crippen MR) is 106 cm³/mol. The van der Waals surface area contributed by atoms with Gasteiger partial charge in [-0.25, -0.2) is 0 Å². The Labute approximate surface area is 164 Å². The Bertz CT molecular complexity index is 861. The molecule has 8 heteroatoms. The van der Waals surface area contributed by atoms with Gasteiger partial charge in [0.05, 0.1) is 17.8 Å². The largest absolute Gasteiger partial charge is 0.482 e. The molecule has 0 aliphatic carbocycles. The molecule has 0 unspecified atom stereocenters. The van der Waals surface area contributed by atoms with Crippen molar-refractivity contribution in [3.8, 4) is 5.75 Å². The SMILES string of the molecule is Cc1ccc(NC(=O)[C@H]2CNC[C@@H]2c2cnn(C)c2)c(OCC(=O)N(C)C)c1. The normalized spacial score (nSPS) is 18.7. The standard InChI is InChI=1S/C20H27N5O3/c1-13-5-6-17(18(7-13)28-12-19(26)24(2)3)23-20(27)16-10-21-9-15(16)14-8-22-25(4)11-14/h5-8,11,15-16,21H,9-10,12H2,1-4H3,(H,23,27)/t15-,16+/m1/s1. The molecule has 0 spiro atoms. The van der Waals surface area contributed by atoms with Crippen LogP contribution in [0.5, 0.6) is 5.75 Å². The molecular formula is C20H27N5O3. The van der Waals surface area contributed by atoms with Crippen LogP contribution in [0.3, 0.4) is 0 Å². The van der Waals surface area contributed by atoms with Gasteiger partial charge in [-0.15, -0.1) is 0 Å². The van der Waals surface area contributed by atoms with Crippen LogP contribution in [0.2, 0.25) is 0 Å². The predicted octanol–water partition coefficient (Wildman–Crippen LogP) is 1.14. The maximum absolute atomic E-state index is 13.0. The number of aromatic nitrogens is 2. The molecule has 2 heterocycles. The van der Waals surface area contributed by atoms with Crippen molar-refractivity contribution in [3.63, 3.8) is 0 Å². The third-order valence-corrected chi connectivity index (χ3v) is 4.95. The van der Waals surface area contributed by atoms with E-state index in [0.29, 0.717) is 18.0 Å². The number of anilines is 1. The van der Waals surface area contributed by atoms with Crippen LogP contribution in [0.4, 0.5) is 5.69 Å². The minimum Gasteiger partial charge on any atom is -0.482 e. The first-order valence-corrected chi connectivity index (χ1v) is 9.29. The summed E-state index contributed by atoms with van der Waals surface area (Å²) in [5, 5.41) is 10.5. The highest BCUT2D eigenvalue weighted by Crippen LogP contribution is 2.31. The smallest absolute Gasteiger partial charge is 0.259 e. The lowest BCUT2D eigenvalue weighted by molar-refractivity contribution is -0.130. The Hall–Kier alpha value is -2.87. The zero-order valence-electron chi connectivity index (χ0n) is 16.7. The van der Waals surface area contributed by atoms with Crippen molar-refractivity contribution in [2.45, 2.75) is 12.8 Å². The molecule has 3 rings (SSSR count). The Morgan fingerprint density at radius 1 is 1.36 bits per heavy atom. The van der Waals surface area contributed by atoms with Gasteiger partial charge in [-0.1, -0.05) is 6.07 Å². The number of likely N-dealkylation sites (N-methyl/N-ethyl adjacent to an activating group) is 1. The molecule has 28 heavy (non-hydrogen) atoms. The summed E-state index contributed by atoms with van der Waals surface area (Å²) in [7, 11) is 5.22. The zero-order chi connectivity index (χ0) is 20.3. The van der Waals surface area contributed by atoms with E-state index in [0.717, 1.165) is 17.7 Å². The lowest BCUT2D eigenvalue weighted by atomic mass is 9.90. The molecule has 1 aromatic carbocycles. The Kier molecular flexibility index (Phi) is 5.99. The minimum atomic E-state index is -0.207. The summed E-state index contributed by atoms with van der Waals surface area (Å²) in [5.41, 5.74) is 2.60. The van der Waals surface area contributed by atoms with E-state index in [2.05, 4.69) is 15.7 Å². The molecule has 1 saturated heterocycles. The summed E-state index contributed by atoms with van der Waals surface area (Å²) >= 11 is 0. The topological polar surface area (TPSA) is 88.5 Å². The zero-order valence-corrected chi connectivity index (χ0v) is 16.7. The molecule has 2 atom stereocenters. The van der Waals surface area contributed by atoms with Gasteiger partial charge in [0.1, 0.15) is 5.75 Å². The van der Waals surface area contributed by atoms with Gasteiger partial charge < -0.3 is 20.3 Å². The van der Waals surface area contributed by atoms with E-state index in [1.54, 1.807) is 18.8 Å². The molecule has 0 saturated carbocycles. The first kappa shape index (κ1) is 19.9. The second-order valence-electron chi connectivity index (χ2n) is 7.38. The summed E-state index contributed by atoms with van der Waals surface area (Å²) in [6, 6.07) is 5.54. The molecule has 8 nitrogen and oxygen atoms in total. The van der Waals surface area contributed by atoms with Crippen molar-refractivity contribution < 1.29 is 14.3 Å². The Morgan fingerprint density at radius 2 is 2.14 bits per heavy atom. The summed E-state index contributed by atoms with van der Waals surface area (Å²) in [4.78, 5) is 26.3. The number of ether oxygens (including phenoxy) is 1. The van der Waals surface area contributed by atoms with Crippen molar-refractivity contribution in [1.29, 1.82) is 0 Å². The lowest BCUT2D eigenvalue weighted by Gasteiger charge is -2.19. The van der Waals surface area contributed by atoms with E-state index < -0.39 is 0 Å². The van der Waals surface area contributed by atoms with Crippen LogP contribution in [0, 0.1) is 12.8 Å². The molecular weight excluding hydrogens is 358 g/mol. The number of carbonyl (C=O) groups is 2. The third-order valence-electron chi connectivity index (χ3n) is 4.95. The number of benzene rings is 1. The second kappa shape index (κ2) is 8.43. The number of nitrogens with zero attached hydrogens (tertiary/aromatic N) is 3. The van der Waals surface area contributed by atoms with Crippen molar-refractivity contribution in [3.05, 3.63) is 41.7 Å². The molecule has 1 aliphatic heterocycles. The first-order valence-electron chi connectivity index (χ1n) is 9.29. The molecule has 1 aromatic heterocycles. The fraction of sp³-hybridized carbons (Fsp3) is 0.450. The number of amides is 2. The maximum Gasteiger partial charge on any atom is 0.259 e. The molecule has 2 N–H and O–H groups in total. The fourth-order valence-electron chi connectivity index (χ4n) is 3.28. The molecule has 1 aliphatic rings. The van der Waals surface area contributed by atoms with E-state index in [9.17, 15) is 9.59 Å². The van der Waals surface area contributed by atoms with Crippen LogP contribution in [-0.4, -0.2) is 60.3 Å². The number of hydrogen-bond donors (Lipinski definition) is 2. The molecule has 2 aromatic rings. The van der Waals surface area contributed by atoms with Crippen molar-refractivity contribution in [1.82, 2.24) is 20.0 Å². The van der Waals surface area contributed by atoms with E-state index in [1.165, 1.54) is 4.90 Å². The average molecular weight is 385 g/mol. The monoisotopic (exact) mass is 385 g/mol. The van der Waals surface area contributed by atoms with E-state index in [-0.39, 0.29) is 30.3 Å². The van der Waals surface area contributed by atoms with Gasteiger partial charge in [-0.05, 0) is 30.2 Å². The van der Waals surface area contributed by atoms with Gasteiger partial charge in [0, 0.05) is 46.3 Å². The van der Waals surface area contributed by atoms with Crippen molar-refractivity contribution >= 4 is 17.5 Å². The highest BCUT2D eigenvalue weighted by Gasteiger charge is 2.35. The molecule has 1 fully saturated rings. The van der Waals surface area contributed by atoms with Gasteiger partial charge in [0.25, 0.3) is 5.91 Å². The van der Waals surface area contributed by atoms with Crippen LogP contribution in [0.15, 0.2) is 30.6 Å². The number of aryl methyl sites for hydroxylation is 2. The number of carbonyl (C=O) groups excluding carboxylic acids is 2. The number of rotatable bonds is 6. The lowest BCUT2D eigenvalue weighted by Crippen LogP contribution is -2.29. The van der Waals surface area contributed by atoms with Crippen molar-refractivity contribution in [2.24, 2.45) is 13.0 Å². The fourth-order valence-corrected chi connectivity index (χ4v) is 3.28. The maximum atomic E-state index is 13.0. The van der Waals surface area contributed by atoms with Gasteiger partial charge in [-0.2, -0.15) is 5.10 Å². The van der Waals surface area contributed by atoms with Gasteiger partial charge in [-0.3, -0.25) is 14.3 Å².